The Hall–Kier alpha value is -4.08. The van der Waals surface area contributed by atoms with Gasteiger partial charge in [0.15, 0.2) is 5.11 Å². The van der Waals surface area contributed by atoms with Gasteiger partial charge in [0.1, 0.15) is 17.9 Å². The van der Waals surface area contributed by atoms with E-state index in [1.54, 1.807) is 60.7 Å². The number of thiocarbonyl (C=S) groups is 1. The second-order valence-corrected chi connectivity index (χ2v) is 7.99. The Labute approximate surface area is 204 Å². The van der Waals surface area contributed by atoms with Crippen LogP contribution in [0.3, 0.4) is 0 Å². The summed E-state index contributed by atoms with van der Waals surface area (Å²) < 4.78 is 5.69. The molecule has 1 heterocycles. The summed E-state index contributed by atoms with van der Waals surface area (Å²) in [6.07, 6.45) is 1.42. The molecule has 10 heteroatoms. The molecule has 2 amide bonds. The van der Waals surface area contributed by atoms with Gasteiger partial charge in [-0.3, -0.25) is 29.9 Å². The highest BCUT2D eigenvalue weighted by Gasteiger charge is 2.34. The summed E-state index contributed by atoms with van der Waals surface area (Å²) in [7, 11) is 0. The smallest absolute Gasteiger partial charge is 0.270 e. The molecule has 8 nitrogen and oxygen atoms in total. The Bertz CT molecular complexity index is 1340. The molecule has 1 fully saturated rings. The number of carbonyl (C=O) groups is 2. The number of nitro benzene ring substituents is 1. The van der Waals surface area contributed by atoms with Gasteiger partial charge in [0.2, 0.25) is 0 Å². The lowest BCUT2D eigenvalue weighted by Gasteiger charge is -2.28. The van der Waals surface area contributed by atoms with E-state index >= 15 is 0 Å². The lowest BCUT2D eigenvalue weighted by Crippen LogP contribution is -2.54. The van der Waals surface area contributed by atoms with Crippen molar-refractivity contribution in [2.24, 2.45) is 0 Å². The summed E-state index contributed by atoms with van der Waals surface area (Å²) in [5.41, 5.74) is 1.52. The highest BCUT2D eigenvalue weighted by atomic mass is 35.5. The van der Waals surface area contributed by atoms with Crippen LogP contribution in [-0.2, 0) is 16.2 Å². The minimum absolute atomic E-state index is 0.00118. The predicted octanol–water partition coefficient (Wildman–Crippen LogP) is 4.66. The summed E-state index contributed by atoms with van der Waals surface area (Å²) in [5.74, 6) is -0.812. The van der Waals surface area contributed by atoms with E-state index in [-0.39, 0.29) is 28.0 Å². The van der Waals surface area contributed by atoms with Crippen LogP contribution in [0.15, 0.2) is 78.4 Å². The summed E-state index contributed by atoms with van der Waals surface area (Å²) in [5, 5.41) is 13.7. The minimum Gasteiger partial charge on any atom is -0.487 e. The van der Waals surface area contributed by atoms with Crippen molar-refractivity contribution in [2.45, 2.75) is 6.61 Å². The fourth-order valence-corrected chi connectivity index (χ4v) is 3.81. The number of ether oxygens (including phenoxy) is 1. The third-order valence-corrected chi connectivity index (χ3v) is 5.48. The van der Waals surface area contributed by atoms with Crippen molar-refractivity contribution in [2.75, 3.05) is 4.90 Å². The van der Waals surface area contributed by atoms with Crippen molar-refractivity contribution < 1.29 is 19.2 Å². The molecule has 1 aliphatic rings. The number of hydrogen-bond donors (Lipinski definition) is 1. The third kappa shape index (κ3) is 4.95. The number of amides is 2. The number of hydrogen-bond acceptors (Lipinski definition) is 6. The minimum atomic E-state index is -0.607. The SMILES string of the molecule is O=C1NC(=S)N(c2ccccc2)C(=O)/C1=C\c1ccc(OCc2cccc([N+](=O)[O-])c2)c(Cl)c1. The van der Waals surface area contributed by atoms with Crippen LogP contribution in [0.25, 0.3) is 6.08 Å². The number of non-ortho nitro benzene ring substituents is 1. The van der Waals surface area contributed by atoms with Crippen LogP contribution >= 0.6 is 23.8 Å². The molecule has 0 bridgehead atoms. The van der Waals surface area contributed by atoms with Crippen LogP contribution in [0.5, 0.6) is 5.75 Å². The van der Waals surface area contributed by atoms with Crippen LogP contribution in [0, 0.1) is 10.1 Å². The van der Waals surface area contributed by atoms with Crippen molar-refractivity contribution in [1.82, 2.24) is 5.32 Å². The number of nitro groups is 1. The molecule has 34 heavy (non-hydrogen) atoms. The van der Waals surface area contributed by atoms with Gasteiger partial charge in [-0.25, -0.2) is 0 Å². The Morgan fingerprint density at radius 3 is 2.53 bits per heavy atom. The highest BCUT2D eigenvalue weighted by Crippen LogP contribution is 2.29. The molecule has 1 N–H and O–H groups in total. The Kier molecular flexibility index (Phi) is 6.67. The first-order valence-electron chi connectivity index (χ1n) is 9.95. The van der Waals surface area contributed by atoms with Crippen molar-refractivity contribution >= 4 is 58.2 Å². The van der Waals surface area contributed by atoms with Crippen molar-refractivity contribution in [3.8, 4) is 5.75 Å². The zero-order valence-electron chi connectivity index (χ0n) is 17.4. The van der Waals surface area contributed by atoms with Crippen molar-refractivity contribution in [3.63, 3.8) is 0 Å². The fourth-order valence-electron chi connectivity index (χ4n) is 3.28. The average Bonchev–Trinajstić information content (AvgIpc) is 2.82. The van der Waals surface area contributed by atoms with Gasteiger partial charge < -0.3 is 4.74 Å². The van der Waals surface area contributed by atoms with Crippen molar-refractivity contribution in [3.05, 3.63) is 105 Å². The molecule has 0 aromatic heterocycles. The number of rotatable bonds is 6. The summed E-state index contributed by atoms with van der Waals surface area (Å²) in [4.78, 5) is 37.2. The maximum Gasteiger partial charge on any atom is 0.270 e. The summed E-state index contributed by atoms with van der Waals surface area (Å²) in [6, 6.07) is 19.6. The molecule has 3 aromatic rings. The second-order valence-electron chi connectivity index (χ2n) is 7.20. The first-order chi connectivity index (χ1) is 16.3. The van der Waals surface area contributed by atoms with Gasteiger partial charge >= 0.3 is 0 Å². The zero-order chi connectivity index (χ0) is 24.2. The van der Waals surface area contributed by atoms with E-state index in [4.69, 9.17) is 28.6 Å². The number of nitrogens with zero attached hydrogens (tertiary/aromatic N) is 2. The highest BCUT2D eigenvalue weighted by molar-refractivity contribution is 7.80. The number of benzene rings is 3. The molecule has 3 aromatic carbocycles. The van der Waals surface area contributed by atoms with Crippen LogP contribution in [0.1, 0.15) is 11.1 Å². The normalized spacial score (nSPS) is 14.8. The van der Waals surface area contributed by atoms with Crippen molar-refractivity contribution in [1.29, 1.82) is 0 Å². The van der Waals surface area contributed by atoms with Crippen LogP contribution in [-0.4, -0.2) is 21.9 Å². The molecule has 4 rings (SSSR count). The molecule has 0 unspecified atom stereocenters. The Morgan fingerprint density at radius 1 is 1.06 bits per heavy atom. The average molecular weight is 494 g/mol. The molecule has 0 aliphatic carbocycles. The van der Waals surface area contributed by atoms with Gasteiger partial charge in [-0.2, -0.15) is 0 Å². The molecule has 0 spiro atoms. The largest absolute Gasteiger partial charge is 0.487 e. The Balaban J connectivity index is 1.54. The monoisotopic (exact) mass is 493 g/mol. The lowest BCUT2D eigenvalue weighted by atomic mass is 10.1. The number of nitrogens with one attached hydrogen (secondary N) is 1. The molecule has 170 valence electrons. The lowest BCUT2D eigenvalue weighted by molar-refractivity contribution is -0.384. The first kappa shape index (κ1) is 23.1. The molecular formula is C24H16ClN3O5S. The van der Waals surface area contributed by atoms with Gasteiger partial charge in [-0.05, 0) is 53.7 Å². The standard InChI is InChI=1S/C24H16ClN3O5S/c25-20-13-15(9-10-21(20)33-14-16-5-4-8-18(11-16)28(31)32)12-19-22(29)26-24(34)27(23(19)30)17-6-2-1-3-7-17/h1-13H,14H2,(H,26,29,34)/b19-12-. The van der Waals surface area contributed by atoms with Gasteiger partial charge in [-0.1, -0.05) is 48.0 Å². The number of halogens is 1. The van der Waals surface area contributed by atoms with Gasteiger partial charge in [0, 0.05) is 12.1 Å². The van der Waals surface area contributed by atoms with E-state index in [1.165, 1.54) is 23.1 Å². The zero-order valence-corrected chi connectivity index (χ0v) is 19.0. The topological polar surface area (TPSA) is 102 Å². The van der Waals surface area contributed by atoms with Gasteiger partial charge in [0.25, 0.3) is 17.5 Å². The maximum atomic E-state index is 13.0. The van der Waals surface area contributed by atoms with Gasteiger partial charge in [-0.15, -0.1) is 0 Å². The van der Waals surface area contributed by atoms with E-state index in [0.717, 1.165) is 0 Å². The second kappa shape index (κ2) is 9.82. The van der Waals surface area contributed by atoms with E-state index < -0.39 is 16.7 Å². The van der Waals surface area contributed by atoms with Crippen LogP contribution in [0.2, 0.25) is 5.02 Å². The molecule has 1 saturated heterocycles. The van der Waals surface area contributed by atoms with Crippen LogP contribution in [0.4, 0.5) is 11.4 Å². The molecule has 1 aliphatic heterocycles. The molecule has 0 radical (unpaired) electrons. The molecular weight excluding hydrogens is 478 g/mol. The molecule has 0 saturated carbocycles. The quantitative estimate of drug-likeness (QED) is 0.176. The maximum absolute atomic E-state index is 13.0. The first-order valence-corrected chi connectivity index (χ1v) is 10.7. The van der Waals surface area contributed by atoms with E-state index in [9.17, 15) is 19.7 Å². The number of carbonyl (C=O) groups excluding carboxylic acids is 2. The van der Waals surface area contributed by atoms with E-state index in [0.29, 0.717) is 22.6 Å². The third-order valence-electron chi connectivity index (χ3n) is 4.90. The van der Waals surface area contributed by atoms with E-state index in [1.807, 2.05) is 0 Å². The summed E-state index contributed by atoms with van der Waals surface area (Å²) >= 11 is 11.5. The molecule has 0 atom stereocenters. The summed E-state index contributed by atoms with van der Waals surface area (Å²) in [6.45, 7) is 0.0756. The predicted molar refractivity (Wildman–Crippen MR) is 132 cm³/mol. The Morgan fingerprint density at radius 2 is 1.82 bits per heavy atom. The van der Waals surface area contributed by atoms with E-state index in [2.05, 4.69) is 5.32 Å². The number of anilines is 1. The number of para-hydroxylation sites is 1. The van der Waals surface area contributed by atoms with Crippen LogP contribution < -0.4 is 15.0 Å². The van der Waals surface area contributed by atoms with Gasteiger partial charge in [0.05, 0.1) is 15.6 Å². The fraction of sp³-hybridized carbons (Fsp3) is 0.0417.